The molecule has 0 bridgehead atoms. The van der Waals surface area contributed by atoms with Crippen LogP contribution in [0, 0.1) is 0 Å². The molecule has 0 atom stereocenters. The van der Waals surface area contributed by atoms with Crippen LogP contribution in [0.25, 0.3) is 21.2 Å². The van der Waals surface area contributed by atoms with Crippen LogP contribution in [-0.4, -0.2) is 16.1 Å². The zero-order valence-corrected chi connectivity index (χ0v) is 13.5. The maximum absolute atomic E-state index is 10.9. The van der Waals surface area contributed by atoms with E-state index in [9.17, 15) is 4.79 Å². The van der Waals surface area contributed by atoms with Crippen LogP contribution in [0.2, 0.25) is 0 Å². The number of carbonyl (C=O) groups is 1. The standard InChI is InChI=1S/C15H12N2O2S.BrH/c16-15-17-12(8-13(18)19)14(20-15)11-7-3-5-9-4-1-2-6-10(9)11;/h1-7H,8H2,(H2,16,17)(H,18,19);1H. The highest BCUT2D eigenvalue weighted by Crippen LogP contribution is 2.36. The van der Waals surface area contributed by atoms with E-state index in [0.29, 0.717) is 10.8 Å². The zero-order chi connectivity index (χ0) is 14.1. The summed E-state index contributed by atoms with van der Waals surface area (Å²) in [6, 6.07) is 13.9. The van der Waals surface area contributed by atoms with Gasteiger partial charge in [0.15, 0.2) is 5.13 Å². The van der Waals surface area contributed by atoms with Crippen molar-refractivity contribution >= 4 is 50.2 Å². The largest absolute Gasteiger partial charge is 0.481 e. The molecule has 4 nitrogen and oxygen atoms in total. The summed E-state index contributed by atoms with van der Waals surface area (Å²) in [6.07, 6.45) is -0.119. The molecule has 2 aromatic carbocycles. The first kappa shape index (κ1) is 15.5. The first-order chi connectivity index (χ1) is 9.65. The second-order valence-electron chi connectivity index (χ2n) is 4.43. The molecular weight excluding hydrogens is 352 g/mol. The van der Waals surface area contributed by atoms with Crippen molar-refractivity contribution in [1.82, 2.24) is 4.98 Å². The molecule has 0 amide bonds. The Morgan fingerprint density at radius 2 is 1.90 bits per heavy atom. The third-order valence-corrected chi connectivity index (χ3v) is 4.03. The Bertz CT molecular complexity index is 796. The topological polar surface area (TPSA) is 76.2 Å². The molecule has 21 heavy (non-hydrogen) atoms. The molecule has 1 aromatic heterocycles. The Morgan fingerprint density at radius 1 is 1.19 bits per heavy atom. The fourth-order valence-electron chi connectivity index (χ4n) is 2.27. The number of nitrogens with two attached hydrogens (primary N) is 1. The van der Waals surface area contributed by atoms with Gasteiger partial charge >= 0.3 is 5.97 Å². The fourth-order valence-corrected chi connectivity index (χ4v) is 3.16. The number of nitrogens with zero attached hydrogens (tertiary/aromatic N) is 1. The van der Waals surface area contributed by atoms with Crippen molar-refractivity contribution in [3.63, 3.8) is 0 Å². The predicted molar refractivity (Wildman–Crippen MR) is 91.1 cm³/mol. The van der Waals surface area contributed by atoms with Crippen LogP contribution < -0.4 is 5.73 Å². The maximum atomic E-state index is 10.9. The molecule has 3 aromatic rings. The molecule has 0 saturated carbocycles. The van der Waals surface area contributed by atoms with Crippen LogP contribution >= 0.6 is 28.3 Å². The molecule has 0 aliphatic heterocycles. The predicted octanol–water partition coefficient (Wildman–Crippen LogP) is 3.75. The van der Waals surface area contributed by atoms with E-state index < -0.39 is 5.97 Å². The number of aliphatic carboxylic acids is 1. The molecule has 0 saturated heterocycles. The number of fused-ring (bicyclic) bond motifs is 1. The summed E-state index contributed by atoms with van der Waals surface area (Å²) in [6.45, 7) is 0. The number of aromatic nitrogens is 1. The number of hydrogen-bond donors (Lipinski definition) is 2. The SMILES string of the molecule is Br.Nc1nc(CC(=O)O)c(-c2cccc3ccccc23)s1. The van der Waals surface area contributed by atoms with Crippen molar-refractivity contribution in [1.29, 1.82) is 0 Å². The number of benzene rings is 2. The van der Waals surface area contributed by atoms with Gasteiger partial charge in [0.25, 0.3) is 0 Å². The number of hydrogen-bond acceptors (Lipinski definition) is 4. The molecule has 6 heteroatoms. The Labute approximate surface area is 136 Å². The number of rotatable bonds is 3. The van der Waals surface area contributed by atoms with E-state index in [-0.39, 0.29) is 23.4 Å². The molecular formula is C15H13BrN2O2S. The monoisotopic (exact) mass is 364 g/mol. The normalized spacial score (nSPS) is 10.3. The minimum Gasteiger partial charge on any atom is -0.481 e. The van der Waals surface area contributed by atoms with Gasteiger partial charge in [0.1, 0.15) is 0 Å². The van der Waals surface area contributed by atoms with E-state index in [1.807, 2.05) is 42.5 Å². The van der Waals surface area contributed by atoms with Crippen molar-refractivity contribution in [3.05, 3.63) is 48.2 Å². The highest BCUT2D eigenvalue weighted by Gasteiger charge is 2.16. The Balaban J connectivity index is 0.00000161. The Morgan fingerprint density at radius 3 is 2.67 bits per heavy atom. The van der Waals surface area contributed by atoms with Gasteiger partial charge in [-0.1, -0.05) is 53.8 Å². The quantitative estimate of drug-likeness (QED) is 0.741. The highest BCUT2D eigenvalue weighted by molar-refractivity contribution is 8.93. The molecule has 0 unspecified atom stereocenters. The third kappa shape index (κ3) is 3.06. The lowest BCUT2D eigenvalue weighted by atomic mass is 10.0. The second-order valence-corrected chi connectivity index (χ2v) is 5.46. The molecule has 3 rings (SSSR count). The minimum absolute atomic E-state index is 0. The smallest absolute Gasteiger partial charge is 0.309 e. The van der Waals surface area contributed by atoms with Gasteiger partial charge in [-0.2, -0.15) is 0 Å². The van der Waals surface area contributed by atoms with Crippen LogP contribution in [0.5, 0.6) is 0 Å². The van der Waals surface area contributed by atoms with Crippen LogP contribution in [0.15, 0.2) is 42.5 Å². The summed E-state index contributed by atoms with van der Waals surface area (Å²) >= 11 is 1.33. The summed E-state index contributed by atoms with van der Waals surface area (Å²) in [5.41, 5.74) is 7.26. The van der Waals surface area contributed by atoms with Gasteiger partial charge in [-0.15, -0.1) is 17.0 Å². The molecule has 3 N–H and O–H groups in total. The Kier molecular flexibility index (Phi) is 4.59. The summed E-state index contributed by atoms with van der Waals surface area (Å²) < 4.78 is 0. The van der Waals surface area contributed by atoms with E-state index in [1.165, 1.54) is 11.3 Å². The number of carboxylic acid groups (broad SMARTS) is 1. The number of nitrogen functional groups attached to an aromatic ring is 1. The van der Waals surface area contributed by atoms with Crippen LogP contribution in [0.3, 0.4) is 0 Å². The van der Waals surface area contributed by atoms with Gasteiger partial charge in [0, 0.05) is 5.56 Å². The lowest BCUT2D eigenvalue weighted by Crippen LogP contribution is -2.02. The second kappa shape index (κ2) is 6.24. The van der Waals surface area contributed by atoms with Crippen molar-refractivity contribution in [3.8, 4) is 10.4 Å². The summed E-state index contributed by atoms with van der Waals surface area (Å²) in [4.78, 5) is 15.9. The molecule has 0 spiro atoms. The van der Waals surface area contributed by atoms with E-state index in [2.05, 4.69) is 4.98 Å². The Hall–Kier alpha value is -1.92. The van der Waals surface area contributed by atoms with Gasteiger partial charge in [-0.25, -0.2) is 4.98 Å². The molecule has 0 fully saturated rings. The molecule has 0 aliphatic carbocycles. The number of halogens is 1. The molecule has 0 aliphatic rings. The lowest BCUT2D eigenvalue weighted by molar-refractivity contribution is -0.136. The fraction of sp³-hybridized carbons (Fsp3) is 0.0667. The number of thiazole rings is 1. The van der Waals surface area contributed by atoms with Crippen LogP contribution in [0.4, 0.5) is 5.13 Å². The van der Waals surface area contributed by atoms with Gasteiger partial charge in [0.05, 0.1) is 17.0 Å². The average Bonchev–Trinajstić information content (AvgIpc) is 2.78. The first-order valence-electron chi connectivity index (χ1n) is 6.10. The van der Waals surface area contributed by atoms with Crippen molar-refractivity contribution in [2.75, 3.05) is 5.73 Å². The van der Waals surface area contributed by atoms with Gasteiger partial charge in [-0.3, -0.25) is 4.79 Å². The zero-order valence-electron chi connectivity index (χ0n) is 10.9. The van der Waals surface area contributed by atoms with E-state index in [4.69, 9.17) is 10.8 Å². The lowest BCUT2D eigenvalue weighted by Gasteiger charge is -2.05. The van der Waals surface area contributed by atoms with Crippen molar-refractivity contribution in [2.45, 2.75) is 6.42 Å². The number of anilines is 1. The van der Waals surface area contributed by atoms with Gasteiger partial charge < -0.3 is 10.8 Å². The van der Waals surface area contributed by atoms with E-state index in [1.54, 1.807) is 0 Å². The summed E-state index contributed by atoms with van der Waals surface area (Å²) in [5, 5.41) is 11.6. The van der Waals surface area contributed by atoms with Crippen LogP contribution in [0.1, 0.15) is 5.69 Å². The third-order valence-electron chi connectivity index (χ3n) is 3.07. The van der Waals surface area contributed by atoms with Crippen molar-refractivity contribution in [2.24, 2.45) is 0 Å². The minimum atomic E-state index is -0.906. The first-order valence-corrected chi connectivity index (χ1v) is 6.92. The molecule has 0 radical (unpaired) electrons. The average molecular weight is 365 g/mol. The molecule has 1 heterocycles. The van der Waals surface area contributed by atoms with Crippen LogP contribution in [-0.2, 0) is 11.2 Å². The van der Waals surface area contributed by atoms with E-state index >= 15 is 0 Å². The van der Waals surface area contributed by atoms with Crippen molar-refractivity contribution < 1.29 is 9.90 Å². The highest BCUT2D eigenvalue weighted by atomic mass is 79.9. The van der Waals surface area contributed by atoms with Gasteiger partial charge in [0.2, 0.25) is 0 Å². The number of carboxylic acids is 1. The van der Waals surface area contributed by atoms with Gasteiger partial charge in [-0.05, 0) is 10.8 Å². The summed E-state index contributed by atoms with van der Waals surface area (Å²) in [5.74, 6) is -0.906. The molecule has 108 valence electrons. The maximum Gasteiger partial charge on any atom is 0.309 e. The summed E-state index contributed by atoms with van der Waals surface area (Å²) in [7, 11) is 0. The van der Waals surface area contributed by atoms with E-state index in [0.717, 1.165) is 21.2 Å².